The number of hydrogen-bond donors (Lipinski definition) is 1. The summed E-state index contributed by atoms with van der Waals surface area (Å²) in [6.07, 6.45) is 6.05. The van der Waals surface area contributed by atoms with Crippen molar-refractivity contribution in [3.8, 4) is 17.0 Å². The van der Waals surface area contributed by atoms with Crippen molar-refractivity contribution in [2.45, 2.75) is 78.9 Å². The van der Waals surface area contributed by atoms with Crippen LogP contribution in [0.5, 0.6) is 5.75 Å². The molecular weight excluding hydrogens is 521 g/mol. The number of aliphatic carboxylic acids is 1. The number of piperidine rings is 1. The minimum atomic E-state index is -1.17. The highest BCUT2D eigenvalue weighted by Crippen LogP contribution is 2.44. The minimum absolute atomic E-state index is 0.258. The Hall–Kier alpha value is -3.52. The number of aromatic nitrogens is 2. The van der Waals surface area contributed by atoms with Crippen LogP contribution in [0.2, 0.25) is 0 Å². The van der Waals surface area contributed by atoms with E-state index in [1.807, 2.05) is 39.8 Å². The SMILES string of the molecule is CCC1(C)CCN(c2c(-c3ccc(OCCc4ccc(F)cc4)cn3)cnc(C)c2[C@H](OC(C)(C)C)C(=O)O)CC1. The number of anilines is 1. The Labute approximate surface area is 242 Å². The second-order valence-corrected chi connectivity index (χ2v) is 12.2. The molecule has 3 heterocycles. The Bertz CT molecular complexity index is 1330. The molecule has 0 aliphatic carbocycles. The van der Waals surface area contributed by atoms with Gasteiger partial charge >= 0.3 is 5.97 Å². The van der Waals surface area contributed by atoms with E-state index in [1.165, 1.54) is 12.1 Å². The van der Waals surface area contributed by atoms with Gasteiger partial charge in [-0.05, 0) is 75.8 Å². The number of rotatable bonds is 10. The molecule has 1 atom stereocenters. The van der Waals surface area contributed by atoms with Crippen LogP contribution in [-0.4, -0.2) is 46.3 Å². The molecular formula is C33H42FN3O4. The van der Waals surface area contributed by atoms with Gasteiger partial charge in [0, 0.05) is 42.5 Å². The number of nitrogens with zero attached hydrogens (tertiary/aromatic N) is 3. The van der Waals surface area contributed by atoms with Gasteiger partial charge in [0.1, 0.15) is 11.6 Å². The fraction of sp³-hybridized carbons (Fsp3) is 0.485. The molecule has 0 radical (unpaired) electrons. The van der Waals surface area contributed by atoms with E-state index < -0.39 is 17.7 Å². The molecule has 4 rings (SSSR count). The van der Waals surface area contributed by atoms with Crippen LogP contribution in [-0.2, 0) is 16.0 Å². The molecule has 1 saturated heterocycles. The molecule has 8 heteroatoms. The Balaban J connectivity index is 1.67. The minimum Gasteiger partial charge on any atom is -0.492 e. The van der Waals surface area contributed by atoms with Crippen molar-refractivity contribution in [2.24, 2.45) is 5.41 Å². The van der Waals surface area contributed by atoms with Crippen LogP contribution in [0.3, 0.4) is 0 Å². The predicted molar refractivity (Wildman–Crippen MR) is 159 cm³/mol. The average molecular weight is 564 g/mol. The molecule has 41 heavy (non-hydrogen) atoms. The first-order valence-electron chi connectivity index (χ1n) is 14.4. The topological polar surface area (TPSA) is 84.8 Å². The van der Waals surface area contributed by atoms with E-state index in [0.717, 1.165) is 49.2 Å². The fourth-order valence-electron chi connectivity index (χ4n) is 5.22. The van der Waals surface area contributed by atoms with Crippen LogP contribution in [0.1, 0.15) is 76.8 Å². The van der Waals surface area contributed by atoms with Gasteiger partial charge < -0.3 is 19.5 Å². The molecule has 0 saturated carbocycles. The summed E-state index contributed by atoms with van der Waals surface area (Å²) in [5.41, 5.74) is 4.07. The van der Waals surface area contributed by atoms with Gasteiger partial charge in [-0.3, -0.25) is 9.97 Å². The molecule has 1 fully saturated rings. The molecule has 0 spiro atoms. The van der Waals surface area contributed by atoms with Gasteiger partial charge in [0.05, 0.1) is 29.8 Å². The van der Waals surface area contributed by atoms with Crippen molar-refractivity contribution in [3.05, 3.63) is 71.4 Å². The molecule has 2 aromatic heterocycles. The highest BCUT2D eigenvalue weighted by atomic mass is 19.1. The number of carboxylic acids is 1. The Morgan fingerprint density at radius 3 is 2.34 bits per heavy atom. The van der Waals surface area contributed by atoms with Gasteiger partial charge in [0.25, 0.3) is 0 Å². The Morgan fingerprint density at radius 2 is 1.78 bits per heavy atom. The molecule has 0 amide bonds. The number of carbonyl (C=O) groups is 1. The maximum atomic E-state index is 13.2. The largest absolute Gasteiger partial charge is 0.492 e. The Morgan fingerprint density at radius 1 is 1.10 bits per heavy atom. The Kier molecular flexibility index (Phi) is 9.32. The summed E-state index contributed by atoms with van der Waals surface area (Å²) in [5.74, 6) is -0.684. The van der Waals surface area contributed by atoms with Gasteiger partial charge in [-0.15, -0.1) is 0 Å². The predicted octanol–water partition coefficient (Wildman–Crippen LogP) is 7.17. The van der Waals surface area contributed by atoms with E-state index in [0.29, 0.717) is 35.7 Å². The molecule has 7 nitrogen and oxygen atoms in total. The summed E-state index contributed by atoms with van der Waals surface area (Å²) in [4.78, 5) is 24.2. The number of benzene rings is 1. The first-order chi connectivity index (χ1) is 19.4. The summed E-state index contributed by atoms with van der Waals surface area (Å²) >= 11 is 0. The van der Waals surface area contributed by atoms with Crippen molar-refractivity contribution in [1.82, 2.24) is 9.97 Å². The first-order valence-corrected chi connectivity index (χ1v) is 14.4. The number of pyridine rings is 2. The van der Waals surface area contributed by atoms with E-state index in [1.54, 1.807) is 24.5 Å². The van der Waals surface area contributed by atoms with Crippen LogP contribution in [0.4, 0.5) is 10.1 Å². The molecule has 1 N–H and O–H groups in total. The zero-order chi connectivity index (χ0) is 29.8. The normalized spacial score (nSPS) is 15.9. The number of ether oxygens (including phenoxy) is 2. The van der Waals surface area contributed by atoms with Gasteiger partial charge in [0.2, 0.25) is 0 Å². The molecule has 0 bridgehead atoms. The number of carboxylic acid groups (broad SMARTS) is 1. The van der Waals surface area contributed by atoms with Crippen LogP contribution < -0.4 is 9.64 Å². The molecule has 1 aliphatic heterocycles. The lowest BCUT2D eigenvalue weighted by Crippen LogP contribution is -2.40. The monoisotopic (exact) mass is 563 g/mol. The summed E-state index contributed by atoms with van der Waals surface area (Å²) in [6.45, 7) is 14.0. The van der Waals surface area contributed by atoms with E-state index in [4.69, 9.17) is 14.5 Å². The maximum absolute atomic E-state index is 13.2. The highest BCUT2D eigenvalue weighted by molar-refractivity contribution is 5.85. The number of hydrogen-bond acceptors (Lipinski definition) is 6. The van der Waals surface area contributed by atoms with Gasteiger partial charge in [-0.1, -0.05) is 32.4 Å². The maximum Gasteiger partial charge on any atom is 0.337 e. The van der Waals surface area contributed by atoms with Crippen molar-refractivity contribution in [1.29, 1.82) is 0 Å². The van der Waals surface area contributed by atoms with E-state index in [2.05, 4.69) is 23.7 Å². The molecule has 220 valence electrons. The third-order valence-electron chi connectivity index (χ3n) is 7.97. The fourth-order valence-corrected chi connectivity index (χ4v) is 5.22. The van der Waals surface area contributed by atoms with Crippen LogP contribution in [0, 0.1) is 18.2 Å². The van der Waals surface area contributed by atoms with Crippen LogP contribution >= 0.6 is 0 Å². The molecule has 1 aliphatic rings. The lowest BCUT2D eigenvalue weighted by molar-refractivity contribution is -0.160. The third kappa shape index (κ3) is 7.61. The van der Waals surface area contributed by atoms with Crippen LogP contribution in [0.25, 0.3) is 11.3 Å². The van der Waals surface area contributed by atoms with Gasteiger partial charge in [0.15, 0.2) is 6.10 Å². The standard InChI is InChI=1S/C33H42FN3O4/c1-7-33(6)15-17-37(18-16-33)29-26(21-35-22(2)28(29)30(31(38)39)41-32(3,4)5)27-13-12-25(20-36-27)40-19-14-23-8-10-24(34)11-9-23/h8-13,20-21,30H,7,14-19H2,1-6H3,(H,38,39)/t30-/m0/s1. The summed E-state index contributed by atoms with van der Waals surface area (Å²) < 4.78 is 25.2. The molecule has 3 aromatic rings. The average Bonchev–Trinajstić information content (AvgIpc) is 2.93. The van der Waals surface area contributed by atoms with Crippen LogP contribution in [0.15, 0.2) is 48.8 Å². The van der Waals surface area contributed by atoms with E-state index >= 15 is 0 Å². The van der Waals surface area contributed by atoms with Gasteiger partial charge in [-0.25, -0.2) is 9.18 Å². The molecule has 0 unspecified atom stereocenters. The lowest BCUT2D eigenvalue weighted by atomic mass is 9.78. The van der Waals surface area contributed by atoms with Crippen molar-refractivity contribution >= 4 is 11.7 Å². The summed E-state index contributed by atoms with van der Waals surface area (Å²) in [5, 5.41) is 10.3. The second-order valence-electron chi connectivity index (χ2n) is 12.2. The van der Waals surface area contributed by atoms with E-state index in [9.17, 15) is 14.3 Å². The quantitative estimate of drug-likeness (QED) is 0.280. The molecule has 1 aromatic carbocycles. The highest BCUT2D eigenvalue weighted by Gasteiger charge is 2.36. The smallest absolute Gasteiger partial charge is 0.337 e. The third-order valence-corrected chi connectivity index (χ3v) is 7.97. The zero-order valence-electron chi connectivity index (χ0n) is 25.0. The van der Waals surface area contributed by atoms with Crippen molar-refractivity contribution in [3.63, 3.8) is 0 Å². The first kappa shape index (κ1) is 30.4. The zero-order valence-corrected chi connectivity index (χ0v) is 25.0. The van der Waals surface area contributed by atoms with Crippen molar-refractivity contribution in [2.75, 3.05) is 24.6 Å². The summed E-state index contributed by atoms with van der Waals surface area (Å²) in [6, 6.07) is 10.1. The number of halogens is 1. The van der Waals surface area contributed by atoms with E-state index in [-0.39, 0.29) is 11.2 Å². The van der Waals surface area contributed by atoms with Crippen molar-refractivity contribution < 1.29 is 23.8 Å². The summed E-state index contributed by atoms with van der Waals surface area (Å²) in [7, 11) is 0. The second kappa shape index (κ2) is 12.6. The number of aryl methyl sites for hydroxylation is 1. The lowest BCUT2D eigenvalue weighted by Gasteiger charge is -2.42. The van der Waals surface area contributed by atoms with Gasteiger partial charge in [-0.2, -0.15) is 0 Å².